The van der Waals surface area contributed by atoms with E-state index in [2.05, 4.69) is 22.9 Å². The summed E-state index contributed by atoms with van der Waals surface area (Å²) in [6.45, 7) is 3.97. The van der Waals surface area contributed by atoms with Gasteiger partial charge in [0.15, 0.2) is 11.2 Å². The summed E-state index contributed by atoms with van der Waals surface area (Å²) in [4.78, 5) is 31.8. The van der Waals surface area contributed by atoms with Crippen LogP contribution >= 0.6 is 0 Å². The Morgan fingerprint density at radius 2 is 1.93 bits per heavy atom. The zero-order valence-electron chi connectivity index (χ0n) is 17.9. The van der Waals surface area contributed by atoms with Gasteiger partial charge in [0, 0.05) is 44.6 Å². The average Bonchev–Trinajstić information content (AvgIpc) is 3.29. The van der Waals surface area contributed by atoms with Crippen molar-refractivity contribution in [3.8, 4) is 0 Å². The molecule has 0 amide bonds. The van der Waals surface area contributed by atoms with E-state index in [-0.39, 0.29) is 11.2 Å². The fourth-order valence-corrected chi connectivity index (χ4v) is 4.05. The normalized spacial score (nSPS) is 11.9. The molecule has 0 atom stereocenters. The molecule has 4 aromatic rings. The minimum Gasteiger partial charge on any atom is -0.461 e. The minimum atomic E-state index is -0.331. The van der Waals surface area contributed by atoms with E-state index in [1.54, 1.807) is 25.0 Å². The minimum absolute atomic E-state index is 0.287. The van der Waals surface area contributed by atoms with Gasteiger partial charge in [-0.3, -0.25) is 13.9 Å². The third kappa shape index (κ3) is 3.37. The Labute approximate surface area is 174 Å². The van der Waals surface area contributed by atoms with Gasteiger partial charge in [-0.2, -0.15) is 0 Å². The molecule has 4 rings (SSSR count). The van der Waals surface area contributed by atoms with Crippen LogP contribution in [0.4, 0.5) is 0 Å². The van der Waals surface area contributed by atoms with Crippen LogP contribution in [-0.4, -0.2) is 37.2 Å². The number of aromatic nitrogens is 4. The Kier molecular flexibility index (Phi) is 5.34. The lowest BCUT2D eigenvalue weighted by atomic mass is 10.1. The van der Waals surface area contributed by atoms with E-state index < -0.39 is 0 Å². The average molecular weight is 409 g/mol. The molecule has 0 aliphatic rings. The summed E-state index contributed by atoms with van der Waals surface area (Å²) in [5.74, 6) is 1.01. The number of benzene rings is 1. The summed E-state index contributed by atoms with van der Waals surface area (Å²) in [6, 6.07) is 8.09. The standard InChI is InChI=1S/C22H27N5O3/c1-5-17-16(15-9-6-7-10-18(15)30-17)13-24(2)11-8-12-27-21(28)19-20(23-14-25(19)3)26(4)22(27)29/h6-7,9-10,14H,5,8,11-13H2,1-4H3. The smallest absolute Gasteiger partial charge is 0.332 e. The zero-order chi connectivity index (χ0) is 21.4. The van der Waals surface area contributed by atoms with Gasteiger partial charge in [0.2, 0.25) is 0 Å². The lowest BCUT2D eigenvalue weighted by Crippen LogP contribution is -2.40. The first-order valence-electron chi connectivity index (χ1n) is 10.2. The van der Waals surface area contributed by atoms with Crippen molar-refractivity contribution >= 4 is 22.1 Å². The van der Waals surface area contributed by atoms with Gasteiger partial charge in [-0.1, -0.05) is 25.1 Å². The van der Waals surface area contributed by atoms with E-state index in [1.165, 1.54) is 14.7 Å². The molecule has 3 aromatic heterocycles. The highest BCUT2D eigenvalue weighted by molar-refractivity contribution is 5.82. The Hall–Kier alpha value is -3.13. The van der Waals surface area contributed by atoms with E-state index in [0.29, 0.717) is 24.1 Å². The van der Waals surface area contributed by atoms with Crippen molar-refractivity contribution in [2.75, 3.05) is 13.6 Å². The number of nitrogens with zero attached hydrogens (tertiary/aromatic N) is 5. The number of imidazole rings is 1. The summed E-state index contributed by atoms with van der Waals surface area (Å²) < 4.78 is 10.4. The highest BCUT2D eigenvalue weighted by Crippen LogP contribution is 2.27. The van der Waals surface area contributed by atoms with Crippen LogP contribution in [0.2, 0.25) is 0 Å². The van der Waals surface area contributed by atoms with Crippen LogP contribution in [0.5, 0.6) is 0 Å². The van der Waals surface area contributed by atoms with Gasteiger partial charge >= 0.3 is 5.69 Å². The van der Waals surface area contributed by atoms with Crippen molar-refractivity contribution in [1.29, 1.82) is 0 Å². The molecule has 8 nitrogen and oxygen atoms in total. The van der Waals surface area contributed by atoms with E-state index in [4.69, 9.17) is 4.42 Å². The SMILES string of the molecule is CCc1oc2ccccc2c1CN(C)CCCn1c(=O)c2c(ncn2C)n(C)c1=O. The molecule has 0 aliphatic heterocycles. The highest BCUT2D eigenvalue weighted by atomic mass is 16.3. The second kappa shape index (κ2) is 7.95. The van der Waals surface area contributed by atoms with Crippen LogP contribution in [0.15, 0.2) is 44.6 Å². The van der Waals surface area contributed by atoms with Gasteiger partial charge < -0.3 is 13.9 Å². The number of para-hydroxylation sites is 1. The number of aryl methyl sites for hydroxylation is 3. The van der Waals surface area contributed by atoms with E-state index in [0.717, 1.165) is 36.2 Å². The maximum atomic E-state index is 12.8. The molecule has 0 radical (unpaired) electrons. The molecule has 8 heteroatoms. The fraction of sp³-hybridized carbons (Fsp3) is 0.409. The summed E-state index contributed by atoms with van der Waals surface area (Å²) >= 11 is 0. The van der Waals surface area contributed by atoms with Crippen LogP contribution < -0.4 is 11.2 Å². The van der Waals surface area contributed by atoms with Crippen LogP contribution in [0.3, 0.4) is 0 Å². The lowest BCUT2D eigenvalue weighted by molar-refractivity contribution is 0.310. The number of hydrogen-bond acceptors (Lipinski definition) is 5. The molecular formula is C22H27N5O3. The third-order valence-corrected chi connectivity index (χ3v) is 5.65. The maximum Gasteiger partial charge on any atom is 0.332 e. The number of rotatable bonds is 7. The summed E-state index contributed by atoms with van der Waals surface area (Å²) in [7, 11) is 5.46. The van der Waals surface area contributed by atoms with Crippen molar-refractivity contribution in [3.05, 3.63) is 62.8 Å². The number of furan rings is 1. The van der Waals surface area contributed by atoms with Gasteiger partial charge in [0.25, 0.3) is 5.56 Å². The molecule has 0 saturated carbocycles. The van der Waals surface area contributed by atoms with E-state index in [9.17, 15) is 9.59 Å². The Balaban J connectivity index is 1.50. The fourth-order valence-electron chi connectivity index (χ4n) is 4.05. The van der Waals surface area contributed by atoms with Crippen molar-refractivity contribution in [3.63, 3.8) is 0 Å². The van der Waals surface area contributed by atoms with Crippen molar-refractivity contribution < 1.29 is 4.42 Å². The van der Waals surface area contributed by atoms with Gasteiger partial charge in [0.1, 0.15) is 11.3 Å². The van der Waals surface area contributed by atoms with Crippen LogP contribution in [-0.2, 0) is 33.6 Å². The zero-order valence-corrected chi connectivity index (χ0v) is 17.9. The number of hydrogen-bond donors (Lipinski definition) is 0. The van der Waals surface area contributed by atoms with Gasteiger partial charge in [-0.15, -0.1) is 0 Å². The molecule has 0 aliphatic carbocycles. The first kappa shape index (κ1) is 20.2. The second-order valence-electron chi connectivity index (χ2n) is 7.77. The third-order valence-electron chi connectivity index (χ3n) is 5.65. The topological polar surface area (TPSA) is 78.2 Å². The predicted octanol–water partition coefficient (Wildman–Crippen LogP) is 2.26. The molecule has 0 fully saturated rings. The van der Waals surface area contributed by atoms with Crippen LogP contribution in [0, 0.1) is 0 Å². The summed E-state index contributed by atoms with van der Waals surface area (Å²) in [5.41, 5.74) is 2.37. The highest BCUT2D eigenvalue weighted by Gasteiger charge is 2.16. The molecule has 0 N–H and O–H groups in total. The second-order valence-corrected chi connectivity index (χ2v) is 7.77. The van der Waals surface area contributed by atoms with E-state index >= 15 is 0 Å². The quantitative estimate of drug-likeness (QED) is 0.468. The summed E-state index contributed by atoms with van der Waals surface area (Å²) in [6.07, 6.45) is 3.09. The molecule has 0 saturated heterocycles. The Bertz CT molecular complexity index is 1320. The number of fused-ring (bicyclic) bond motifs is 2. The lowest BCUT2D eigenvalue weighted by Gasteiger charge is -2.17. The molecule has 1 aromatic carbocycles. The summed E-state index contributed by atoms with van der Waals surface area (Å²) in [5, 5.41) is 1.15. The molecule has 0 spiro atoms. The van der Waals surface area contributed by atoms with Crippen molar-refractivity contribution in [2.45, 2.75) is 32.9 Å². The monoisotopic (exact) mass is 409 g/mol. The molecule has 0 bridgehead atoms. The molecular weight excluding hydrogens is 382 g/mol. The Morgan fingerprint density at radius 3 is 2.70 bits per heavy atom. The van der Waals surface area contributed by atoms with E-state index in [1.807, 2.05) is 25.2 Å². The van der Waals surface area contributed by atoms with Gasteiger partial charge in [0.05, 0.1) is 6.33 Å². The van der Waals surface area contributed by atoms with Crippen molar-refractivity contribution in [2.24, 2.45) is 14.1 Å². The largest absolute Gasteiger partial charge is 0.461 e. The van der Waals surface area contributed by atoms with Crippen LogP contribution in [0.25, 0.3) is 22.1 Å². The van der Waals surface area contributed by atoms with Crippen molar-refractivity contribution in [1.82, 2.24) is 23.6 Å². The molecule has 158 valence electrons. The first-order valence-corrected chi connectivity index (χ1v) is 10.2. The molecule has 3 heterocycles. The van der Waals surface area contributed by atoms with Gasteiger partial charge in [-0.25, -0.2) is 9.78 Å². The van der Waals surface area contributed by atoms with Crippen LogP contribution in [0.1, 0.15) is 24.7 Å². The maximum absolute atomic E-state index is 12.8. The first-order chi connectivity index (χ1) is 14.4. The Morgan fingerprint density at radius 1 is 1.17 bits per heavy atom. The molecule has 30 heavy (non-hydrogen) atoms. The molecule has 0 unspecified atom stereocenters. The predicted molar refractivity (Wildman–Crippen MR) is 117 cm³/mol. The van der Waals surface area contributed by atoms with Gasteiger partial charge in [-0.05, 0) is 26.1 Å².